The number of anilines is 8. The van der Waals surface area contributed by atoms with Gasteiger partial charge in [0.1, 0.15) is 0 Å². The van der Waals surface area contributed by atoms with Crippen molar-refractivity contribution in [2.45, 2.75) is 13.8 Å². The smallest absolute Gasteiger partial charge is 0.0533 e. The van der Waals surface area contributed by atoms with E-state index < -0.39 is 0 Å². The van der Waals surface area contributed by atoms with E-state index in [0.29, 0.717) is 0 Å². The van der Waals surface area contributed by atoms with Gasteiger partial charge in [-0.1, -0.05) is 98.1 Å². The number of nitrogens with one attached hydrogen (secondary N) is 1. The SMILES string of the molecule is C=Cc1ccccc1N(c1ccc(Nc2ccc(N(c3ccccc3C)c3ccccc3C=C)cc2)cc1)c1ccccc1C. The number of hydrogen-bond acceptors (Lipinski definition) is 3. The Morgan fingerprint density at radius 3 is 1.11 bits per heavy atom. The van der Waals surface area contributed by atoms with E-state index in [4.69, 9.17) is 0 Å². The fourth-order valence-corrected chi connectivity index (χ4v) is 5.73. The molecule has 0 amide bonds. The first-order valence-electron chi connectivity index (χ1n) is 15.2. The number of para-hydroxylation sites is 4. The average molecular weight is 584 g/mol. The van der Waals surface area contributed by atoms with E-state index in [-0.39, 0.29) is 0 Å². The first kappa shape index (κ1) is 29.3. The molecular weight excluding hydrogens is 546 g/mol. The van der Waals surface area contributed by atoms with Gasteiger partial charge in [0.15, 0.2) is 0 Å². The molecule has 0 fully saturated rings. The minimum Gasteiger partial charge on any atom is -0.356 e. The molecular formula is C42H37N3. The molecule has 0 aliphatic heterocycles. The standard InChI is InChI=1S/C42H37N3/c1-5-33-17-9-13-21-41(33)44(39-19-11-7-15-31(39)3)37-27-23-35(24-28-37)43-36-25-29-38(30-26-36)45(40-20-12-8-16-32(40)4)42-22-14-10-18-34(42)6-2/h5-30,43H,1-2H2,3-4H3. The van der Waals surface area contributed by atoms with Crippen molar-refractivity contribution in [2.24, 2.45) is 0 Å². The van der Waals surface area contributed by atoms with E-state index >= 15 is 0 Å². The van der Waals surface area contributed by atoms with Crippen molar-refractivity contribution in [1.82, 2.24) is 0 Å². The van der Waals surface area contributed by atoms with E-state index in [0.717, 1.165) is 56.6 Å². The van der Waals surface area contributed by atoms with Gasteiger partial charge in [0.25, 0.3) is 0 Å². The van der Waals surface area contributed by atoms with E-state index in [9.17, 15) is 0 Å². The van der Waals surface area contributed by atoms with Gasteiger partial charge in [0.2, 0.25) is 0 Å². The second kappa shape index (κ2) is 13.2. The van der Waals surface area contributed by atoms with Crippen molar-refractivity contribution in [3.05, 3.63) is 181 Å². The highest BCUT2D eigenvalue weighted by Gasteiger charge is 2.18. The summed E-state index contributed by atoms with van der Waals surface area (Å²) >= 11 is 0. The number of aryl methyl sites for hydroxylation is 2. The van der Waals surface area contributed by atoms with Crippen molar-refractivity contribution >= 4 is 57.7 Å². The zero-order chi connectivity index (χ0) is 31.2. The summed E-state index contributed by atoms with van der Waals surface area (Å²) in [6, 6.07) is 50.8. The maximum Gasteiger partial charge on any atom is 0.0533 e. The Balaban J connectivity index is 1.30. The van der Waals surface area contributed by atoms with Gasteiger partial charge in [-0.05, 0) is 109 Å². The lowest BCUT2D eigenvalue weighted by Crippen LogP contribution is -2.12. The van der Waals surface area contributed by atoms with Gasteiger partial charge in [-0.3, -0.25) is 0 Å². The van der Waals surface area contributed by atoms with Crippen LogP contribution in [-0.2, 0) is 0 Å². The van der Waals surface area contributed by atoms with Crippen LogP contribution in [0.4, 0.5) is 45.5 Å². The summed E-state index contributed by atoms with van der Waals surface area (Å²) < 4.78 is 0. The normalized spacial score (nSPS) is 10.6. The van der Waals surface area contributed by atoms with E-state index in [2.05, 4.69) is 176 Å². The molecule has 0 aromatic heterocycles. The molecule has 0 heterocycles. The molecule has 0 radical (unpaired) electrons. The van der Waals surface area contributed by atoms with Gasteiger partial charge in [0, 0.05) is 34.1 Å². The predicted molar refractivity (Wildman–Crippen MR) is 195 cm³/mol. The second-order valence-electron chi connectivity index (χ2n) is 11.0. The topological polar surface area (TPSA) is 18.5 Å². The summed E-state index contributed by atoms with van der Waals surface area (Å²) in [5.74, 6) is 0. The zero-order valence-corrected chi connectivity index (χ0v) is 25.8. The lowest BCUT2D eigenvalue weighted by Gasteiger charge is -2.29. The molecule has 0 bridgehead atoms. The molecule has 6 aromatic carbocycles. The van der Waals surface area contributed by atoms with Gasteiger partial charge in [-0.15, -0.1) is 0 Å². The van der Waals surface area contributed by atoms with Crippen molar-refractivity contribution < 1.29 is 0 Å². The summed E-state index contributed by atoms with van der Waals surface area (Å²) in [5.41, 5.74) is 13.2. The fourth-order valence-electron chi connectivity index (χ4n) is 5.73. The van der Waals surface area contributed by atoms with Crippen LogP contribution >= 0.6 is 0 Å². The summed E-state index contributed by atoms with van der Waals surface area (Å²) in [6.07, 6.45) is 3.83. The van der Waals surface area contributed by atoms with E-state index in [1.807, 2.05) is 24.3 Å². The van der Waals surface area contributed by atoms with Crippen LogP contribution in [0.3, 0.4) is 0 Å². The molecule has 6 rings (SSSR count). The molecule has 0 aliphatic rings. The Morgan fingerprint density at radius 1 is 0.422 bits per heavy atom. The van der Waals surface area contributed by atoms with E-state index in [1.54, 1.807) is 0 Å². The zero-order valence-electron chi connectivity index (χ0n) is 25.8. The maximum absolute atomic E-state index is 4.06. The monoisotopic (exact) mass is 583 g/mol. The summed E-state index contributed by atoms with van der Waals surface area (Å²) in [6.45, 7) is 12.4. The number of nitrogens with zero attached hydrogens (tertiary/aromatic N) is 2. The molecule has 6 aromatic rings. The minimum atomic E-state index is 1.01. The molecule has 0 spiro atoms. The molecule has 1 N–H and O–H groups in total. The van der Waals surface area contributed by atoms with Crippen LogP contribution in [0.25, 0.3) is 12.2 Å². The predicted octanol–water partition coefficient (Wildman–Crippen LogP) is 12.3. The van der Waals surface area contributed by atoms with Crippen LogP contribution in [0.1, 0.15) is 22.3 Å². The molecule has 0 aliphatic carbocycles. The molecule has 0 saturated carbocycles. The van der Waals surface area contributed by atoms with Crippen LogP contribution in [0.5, 0.6) is 0 Å². The second-order valence-corrected chi connectivity index (χ2v) is 11.0. The highest BCUT2D eigenvalue weighted by Crippen LogP contribution is 2.41. The number of rotatable bonds is 10. The third-order valence-electron chi connectivity index (χ3n) is 8.05. The quantitative estimate of drug-likeness (QED) is 0.173. The Bertz CT molecular complexity index is 1790. The Hall–Kier alpha value is -5.80. The van der Waals surface area contributed by atoms with Crippen LogP contribution in [0, 0.1) is 13.8 Å². The van der Waals surface area contributed by atoms with Crippen molar-refractivity contribution in [1.29, 1.82) is 0 Å². The molecule has 45 heavy (non-hydrogen) atoms. The van der Waals surface area contributed by atoms with Gasteiger partial charge < -0.3 is 15.1 Å². The van der Waals surface area contributed by atoms with Gasteiger partial charge in [0.05, 0.1) is 11.4 Å². The van der Waals surface area contributed by atoms with Gasteiger partial charge in [-0.2, -0.15) is 0 Å². The first-order valence-corrected chi connectivity index (χ1v) is 15.2. The first-order chi connectivity index (χ1) is 22.1. The largest absolute Gasteiger partial charge is 0.356 e. The third kappa shape index (κ3) is 6.15. The maximum atomic E-state index is 4.06. The van der Waals surface area contributed by atoms with Crippen LogP contribution < -0.4 is 15.1 Å². The molecule has 220 valence electrons. The number of benzene rings is 6. The van der Waals surface area contributed by atoms with Crippen molar-refractivity contribution in [3.63, 3.8) is 0 Å². The Labute approximate surface area is 267 Å². The van der Waals surface area contributed by atoms with Crippen LogP contribution in [-0.4, -0.2) is 0 Å². The highest BCUT2D eigenvalue weighted by atomic mass is 15.2. The van der Waals surface area contributed by atoms with Crippen molar-refractivity contribution in [2.75, 3.05) is 15.1 Å². The van der Waals surface area contributed by atoms with E-state index in [1.165, 1.54) is 11.1 Å². The highest BCUT2D eigenvalue weighted by molar-refractivity contribution is 5.85. The summed E-state index contributed by atoms with van der Waals surface area (Å²) in [4.78, 5) is 4.60. The lowest BCUT2D eigenvalue weighted by molar-refractivity contribution is 1.24. The molecule has 0 atom stereocenters. The molecule has 0 unspecified atom stereocenters. The number of hydrogen-bond donors (Lipinski definition) is 1. The third-order valence-corrected chi connectivity index (χ3v) is 8.05. The molecule has 0 saturated heterocycles. The summed E-state index contributed by atoms with van der Waals surface area (Å²) in [5, 5.41) is 3.59. The van der Waals surface area contributed by atoms with Gasteiger partial charge >= 0.3 is 0 Å². The average Bonchev–Trinajstić information content (AvgIpc) is 3.08. The van der Waals surface area contributed by atoms with Gasteiger partial charge in [-0.25, -0.2) is 0 Å². The van der Waals surface area contributed by atoms with Crippen LogP contribution in [0.15, 0.2) is 159 Å². The lowest BCUT2D eigenvalue weighted by atomic mass is 10.1. The molecule has 3 heteroatoms. The van der Waals surface area contributed by atoms with Crippen molar-refractivity contribution in [3.8, 4) is 0 Å². The fraction of sp³-hybridized carbons (Fsp3) is 0.0476. The summed E-state index contributed by atoms with van der Waals surface area (Å²) in [7, 11) is 0. The Kier molecular flexibility index (Phi) is 8.61. The Morgan fingerprint density at radius 2 is 0.756 bits per heavy atom. The minimum absolute atomic E-state index is 1.01. The molecule has 3 nitrogen and oxygen atoms in total. The van der Waals surface area contributed by atoms with Crippen LogP contribution in [0.2, 0.25) is 0 Å².